The lowest BCUT2D eigenvalue weighted by atomic mass is 9.80. The molecule has 126 valence electrons. The minimum atomic E-state index is -0.0817. The molecule has 0 aromatic rings. The minimum Gasteiger partial charge on any atom is -0.369 e. The average molecular weight is 299 g/mol. The number of unbranched alkanes of at least 4 members (excludes halogenated alkanes) is 6. The van der Waals surface area contributed by atoms with Gasteiger partial charge in [-0.3, -0.25) is 11.3 Å². The summed E-state index contributed by atoms with van der Waals surface area (Å²) in [5, 5.41) is 0. The molecule has 1 fully saturated rings. The fraction of sp³-hybridized carbons (Fsp3) is 1.00. The molecule has 0 radical (unpaired) electrons. The third kappa shape index (κ3) is 6.25. The lowest BCUT2D eigenvalue weighted by molar-refractivity contribution is -0.0779. The molecule has 0 bridgehead atoms. The first-order valence-electron chi connectivity index (χ1n) is 8.98. The van der Waals surface area contributed by atoms with Crippen LogP contribution in [-0.4, -0.2) is 17.2 Å². The van der Waals surface area contributed by atoms with E-state index in [0.29, 0.717) is 12.0 Å². The summed E-state index contributed by atoms with van der Waals surface area (Å²) in [4.78, 5) is 0. The van der Waals surface area contributed by atoms with Crippen LogP contribution in [0.4, 0.5) is 0 Å². The summed E-state index contributed by atoms with van der Waals surface area (Å²) >= 11 is 0. The lowest BCUT2D eigenvalue weighted by Crippen LogP contribution is -2.47. The standard InChI is InChI=1S/C18H38N2O/c1-6-7-8-9-10-11-12-13-16(20-19)15-14-17(2,3)21-18(15,4)5/h15-16,20H,6-14,19H2,1-5H3. The highest BCUT2D eigenvalue weighted by Gasteiger charge is 2.48. The summed E-state index contributed by atoms with van der Waals surface area (Å²) in [6, 6.07) is 0.373. The van der Waals surface area contributed by atoms with Crippen LogP contribution in [0.3, 0.4) is 0 Å². The summed E-state index contributed by atoms with van der Waals surface area (Å²) in [6.45, 7) is 11.1. The van der Waals surface area contributed by atoms with Crippen LogP contribution >= 0.6 is 0 Å². The Morgan fingerprint density at radius 1 is 1.05 bits per heavy atom. The highest BCUT2D eigenvalue weighted by Crippen LogP contribution is 2.44. The van der Waals surface area contributed by atoms with Gasteiger partial charge >= 0.3 is 0 Å². The molecule has 0 aliphatic carbocycles. The van der Waals surface area contributed by atoms with Crippen LogP contribution < -0.4 is 11.3 Å². The largest absolute Gasteiger partial charge is 0.369 e. The summed E-state index contributed by atoms with van der Waals surface area (Å²) in [5.41, 5.74) is 2.96. The molecule has 3 heteroatoms. The normalized spacial score (nSPS) is 25.1. The van der Waals surface area contributed by atoms with Gasteiger partial charge in [-0.25, -0.2) is 0 Å². The topological polar surface area (TPSA) is 47.3 Å². The zero-order chi connectivity index (χ0) is 15.9. The summed E-state index contributed by atoms with van der Waals surface area (Å²) in [6.07, 6.45) is 11.7. The van der Waals surface area contributed by atoms with Crippen molar-refractivity contribution in [2.45, 2.75) is 110 Å². The Kier molecular flexibility index (Phi) is 7.66. The number of ether oxygens (including phenoxy) is 1. The zero-order valence-corrected chi connectivity index (χ0v) is 15.0. The van der Waals surface area contributed by atoms with Crippen LogP contribution in [0.1, 0.15) is 92.4 Å². The molecule has 2 atom stereocenters. The molecule has 0 aromatic carbocycles. The number of hydrogen-bond donors (Lipinski definition) is 2. The van der Waals surface area contributed by atoms with E-state index in [1.165, 1.54) is 44.9 Å². The Bertz CT molecular complexity index is 289. The van der Waals surface area contributed by atoms with Gasteiger partial charge in [0.2, 0.25) is 0 Å². The lowest BCUT2D eigenvalue weighted by Gasteiger charge is -2.32. The number of rotatable bonds is 10. The van der Waals surface area contributed by atoms with Crippen molar-refractivity contribution < 1.29 is 4.74 Å². The molecule has 2 unspecified atom stereocenters. The van der Waals surface area contributed by atoms with Gasteiger partial charge in [-0.15, -0.1) is 0 Å². The molecule has 1 aliphatic rings. The molecule has 1 heterocycles. The number of hydrazine groups is 1. The molecule has 0 spiro atoms. The predicted octanol–water partition coefficient (Wildman–Crippen LogP) is 4.55. The molecule has 3 nitrogen and oxygen atoms in total. The first-order chi connectivity index (χ1) is 9.82. The molecule has 0 amide bonds. The Labute approximate surface area is 132 Å². The summed E-state index contributed by atoms with van der Waals surface area (Å²) < 4.78 is 6.21. The van der Waals surface area contributed by atoms with Gasteiger partial charge in [0.15, 0.2) is 0 Å². The maximum Gasteiger partial charge on any atom is 0.0678 e. The van der Waals surface area contributed by atoms with Crippen molar-refractivity contribution in [2.24, 2.45) is 11.8 Å². The van der Waals surface area contributed by atoms with Gasteiger partial charge in [0.1, 0.15) is 0 Å². The highest BCUT2D eigenvalue weighted by atomic mass is 16.5. The fourth-order valence-electron chi connectivity index (χ4n) is 3.95. The van der Waals surface area contributed by atoms with Crippen molar-refractivity contribution >= 4 is 0 Å². The Balaban J connectivity index is 2.31. The molecule has 21 heavy (non-hydrogen) atoms. The van der Waals surface area contributed by atoms with E-state index in [0.717, 1.165) is 12.8 Å². The smallest absolute Gasteiger partial charge is 0.0678 e. The SMILES string of the molecule is CCCCCCCCCC(NN)C1CC(C)(C)OC1(C)C. The van der Waals surface area contributed by atoms with Crippen molar-refractivity contribution in [1.82, 2.24) is 5.43 Å². The third-order valence-corrected chi connectivity index (χ3v) is 4.96. The Hall–Kier alpha value is -0.120. The van der Waals surface area contributed by atoms with Crippen molar-refractivity contribution in [3.63, 3.8) is 0 Å². The molecule has 1 saturated heterocycles. The number of hydrogen-bond acceptors (Lipinski definition) is 3. The molecular weight excluding hydrogens is 260 g/mol. The van der Waals surface area contributed by atoms with Gasteiger partial charge in [0.05, 0.1) is 11.2 Å². The average Bonchev–Trinajstić information content (AvgIpc) is 2.61. The summed E-state index contributed by atoms with van der Waals surface area (Å²) in [7, 11) is 0. The minimum absolute atomic E-state index is 0.0244. The van der Waals surface area contributed by atoms with E-state index in [2.05, 4.69) is 40.0 Å². The van der Waals surface area contributed by atoms with Crippen LogP contribution in [0.15, 0.2) is 0 Å². The fourth-order valence-corrected chi connectivity index (χ4v) is 3.95. The first-order valence-corrected chi connectivity index (χ1v) is 8.98. The maximum atomic E-state index is 6.21. The van der Waals surface area contributed by atoms with Crippen LogP contribution in [0.2, 0.25) is 0 Å². The third-order valence-electron chi connectivity index (χ3n) is 4.96. The van der Waals surface area contributed by atoms with E-state index in [1.807, 2.05) is 0 Å². The molecule has 1 aliphatic heterocycles. The van der Waals surface area contributed by atoms with Crippen LogP contribution in [0, 0.1) is 5.92 Å². The van der Waals surface area contributed by atoms with Gasteiger partial charge in [0.25, 0.3) is 0 Å². The Morgan fingerprint density at radius 2 is 1.62 bits per heavy atom. The quantitative estimate of drug-likeness (QED) is 0.353. The van der Waals surface area contributed by atoms with Crippen molar-refractivity contribution in [1.29, 1.82) is 0 Å². The summed E-state index contributed by atoms with van der Waals surface area (Å²) in [5.74, 6) is 6.33. The van der Waals surface area contributed by atoms with Gasteiger partial charge in [-0.05, 0) is 40.5 Å². The van der Waals surface area contributed by atoms with E-state index in [4.69, 9.17) is 10.6 Å². The number of nitrogens with two attached hydrogens (primary N) is 1. The van der Waals surface area contributed by atoms with E-state index in [-0.39, 0.29) is 11.2 Å². The number of nitrogens with one attached hydrogen (secondary N) is 1. The van der Waals surface area contributed by atoms with Crippen molar-refractivity contribution in [3.8, 4) is 0 Å². The zero-order valence-electron chi connectivity index (χ0n) is 15.0. The second-order valence-electron chi connectivity index (χ2n) is 7.96. The van der Waals surface area contributed by atoms with Crippen LogP contribution in [0.5, 0.6) is 0 Å². The second kappa shape index (κ2) is 8.50. The first kappa shape index (κ1) is 18.9. The second-order valence-corrected chi connectivity index (χ2v) is 7.96. The molecule has 0 aromatic heterocycles. The molecule has 3 N–H and O–H groups in total. The monoisotopic (exact) mass is 298 g/mol. The van der Waals surface area contributed by atoms with Crippen LogP contribution in [0.25, 0.3) is 0 Å². The van der Waals surface area contributed by atoms with Gasteiger partial charge in [-0.1, -0.05) is 51.9 Å². The van der Waals surface area contributed by atoms with Crippen molar-refractivity contribution in [3.05, 3.63) is 0 Å². The van der Waals surface area contributed by atoms with E-state index in [9.17, 15) is 0 Å². The van der Waals surface area contributed by atoms with Gasteiger partial charge in [0, 0.05) is 12.0 Å². The van der Waals surface area contributed by atoms with E-state index >= 15 is 0 Å². The van der Waals surface area contributed by atoms with Gasteiger partial charge < -0.3 is 4.74 Å². The highest BCUT2D eigenvalue weighted by molar-refractivity contribution is 4.98. The predicted molar refractivity (Wildman–Crippen MR) is 91.1 cm³/mol. The Morgan fingerprint density at radius 3 is 2.10 bits per heavy atom. The van der Waals surface area contributed by atoms with Gasteiger partial charge in [-0.2, -0.15) is 0 Å². The maximum absolute atomic E-state index is 6.21. The van der Waals surface area contributed by atoms with Crippen molar-refractivity contribution in [2.75, 3.05) is 0 Å². The molecule has 1 rings (SSSR count). The van der Waals surface area contributed by atoms with Crippen LogP contribution in [-0.2, 0) is 4.74 Å². The van der Waals surface area contributed by atoms with E-state index < -0.39 is 0 Å². The van der Waals surface area contributed by atoms with E-state index in [1.54, 1.807) is 0 Å². The molecular formula is C18H38N2O. The molecule has 0 saturated carbocycles.